The molecule has 2 aromatic carbocycles. The zero-order chi connectivity index (χ0) is 25.4. The molecule has 0 radical (unpaired) electrons. The van der Waals surface area contributed by atoms with Gasteiger partial charge in [-0.1, -0.05) is 6.07 Å². The van der Waals surface area contributed by atoms with E-state index in [1.807, 2.05) is 0 Å². The van der Waals surface area contributed by atoms with Crippen LogP contribution >= 0.6 is 0 Å². The Morgan fingerprint density at radius 1 is 1.09 bits per heavy atom. The van der Waals surface area contributed by atoms with Crippen molar-refractivity contribution in [3.8, 4) is 11.1 Å². The van der Waals surface area contributed by atoms with Gasteiger partial charge in [-0.05, 0) is 79.5 Å². The van der Waals surface area contributed by atoms with E-state index in [1.54, 1.807) is 17.4 Å². The van der Waals surface area contributed by atoms with E-state index in [1.165, 1.54) is 54.7 Å². The molecule has 186 valence electrons. The third-order valence-corrected chi connectivity index (χ3v) is 6.87. The molecule has 2 atom stereocenters. The molecule has 3 aromatic rings. The van der Waals surface area contributed by atoms with Gasteiger partial charge in [0.2, 0.25) is 0 Å². The molecule has 1 saturated heterocycles. The molecule has 35 heavy (non-hydrogen) atoms. The van der Waals surface area contributed by atoms with Crippen LogP contribution in [0.1, 0.15) is 30.5 Å². The van der Waals surface area contributed by atoms with Crippen LogP contribution in [-0.4, -0.2) is 39.4 Å². The average molecular weight is 508 g/mol. The van der Waals surface area contributed by atoms with E-state index in [0.717, 1.165) is 24.7 Å². The number of carbonyl (C=O) groups excluding carboxylic acids is 1. The van der Waals surface area contributed by atoms with Crippen LogP contribution in [0.3, 0.4) is 0 Å². The molecule has 0 aliphatic carbocycles. The number of halogens is 4. The van der Waals surface area contributed by atoms with Crippen LogP contribution in [-0.2, 0) is 22.3 Å². The van der Waals surface area contributed by atoms with E-state index < -0.39 is 17.4 Å². The molecule has 0 saturated carbocycles. The minimum Gasteiger partial charge on any atom is -0.316 e. The monoisotopic (exact) mass is 507 g/mol. The Labute approximate surface area is 203 Å². The zero-order valence-electron chi connectivity index (χ0n) is 19.0. The van der Waals surface area contributed by atoms with Gasteiger partial charge in [0.05, 0.1) is 10.9 Å². The van der Waals surface area contributed by atoms with Crippen molar-refractivity contribution in [3.05, 3.63) is 83.7 Å². The van der Waals surface area contributed by atoms with Crippen LogP contribution in [0.4, 0.5) is 17.6 Å². The van der Waals surface area contributed by atoms with Crippen molar-refractivity contribution >= 4 is 17.3 Å². The highest BCUT2D eigenvalue weighted by atomic mass is 32.2. The highest BCUT2D eigenvalue weighted by Crippen LogP contribution is 2.24. The molecule has 1 aliphatic heterocycles. The predicted octanol–water partition coefficient (Wildman–Crippen LogP) is 5.06. The van der Waals surface area contributed by atoms with Gasteiger partial charge in [0.15, 0.2) is 0 Å². The van der Waals surface area contributed by atoms with Crippen molar-refractivity contribution in [1.82, 2.24) is 14.6 Å². The molecule has 4 rings (SSSR count). The topological polar surface area (TPSA) is 62.3 Å². The number of carbonyl (C=O) groups is 1. The highest BCUT2D eigenvalue weighted by Gasteiger charge is 2.29. The number of hydrogen-bond donors (Lipinski definition) is 1. The van der Waals surface area contributed by atoms with E-state index in [2.05, 4.69) is 10.3 Å². The van der Waals surface area contributed by atoms with Gasteiger partial charge in [-0.25, -0.2) is 26.1 Å². The van der Waals surface area contributed by atoms with Crippen molar-refractivity contribution in [3.63, 3.8) is 0 Å². The fourth-order valence-electron chi connectivity index (χ4n) is 3.62. The van der Waals surface area contributed by atoms with Gasteiger partial charge in [0.1, 0.15) is 34.6 Å². The van der Waals surface area contributed by atoms with E-state index in [9.17, 15) is 26.6 Å². The molecule has 5 nitrogen and oxygen atoms in total. The summed E-state index contributed by atoms with van der Waals surface area (Å²) in [4.78, 5) is 15.0. The van der Waals surface area contributed by atoms with Gasteiger partial charge in [0.25, 0.3) is 6.43 Å². The summed E-state index contributed by atoms with van der Waals surface area (Å²) in [7, 11) is 0.406. The summed E-state index contributed by atoms with van der Waals surface area (Å²) in [5, 5.41) is 2.93. The maximum atomic E-state index is 13.5. The number of pyridine rings is 1. The molecular formula is C25H25F4N3O2S. The average Bonchev–Trinajstić information content (AvgIpc) is 3.33. The largest absolute Gasteiger partial charge is 0.316 e. The van der Waals surface area contributed by atoms with Crippen LogP contribution in [0.5, 0.6) is 0 Å². The standard InChI is InChI=1S/C14H13F3N2.C11H12FNO2S/c1-18-7-9-4-11(6-12(15)5-9)10-2-3-13(14(16)17)19-8-10;12-9-3-5-11(6-4-9)16(15)13-7-1-2-10(13)8-14/h2-6,8,14,18H,7H2,1H3;3-6,8,10H,1-2,7H2. The summed E-state index contributed by atoms with van der Waals surface area (Å²) >= 11 is 0. The third kappa shape index (κ3) is 7.27. The molecule has 1 N–H and O–H groups in total. The first kappa shape index (κ1) is 26.7. The van der Waals surface area contributed by atoms with Gasteiger partial charge in [0, 0.05) is 24.8 Å². The molecule has 0 amide bonds. The summed E-state index contributed by atoms with van der Waals surface area (Å²) in [6.45, 7) is 1.18. The lowest BCUT2D eigenvalue weighted by atomic mass is 10.0. The van der Waals surface area contributed by atoms with Crippen LogP contribution in [0.15, 0.2) is 65.7 Å². The van der Waals surface area contributed by atoms with Crippen molar-refractivity contribution in [2.24, 2.45) is 0 Å². The Balaban J connectivity index is 0.000000198. The lowest BCUT2D eigenvalue weighted by Gasteiger charge is -2.18. The fourth-order valence-corrected chi connectivity index (χ4v) is 4.96. The molecule has 1 fully saturated rings. The van der Waals surface area contributed by atoms with Gasteiger partial charge >= 0.3 is 0 Å². The summed E-state index contributed by atoms with van der Waals surface area (Å²) < 4.78 is 64.7. The van der Waals surface area contributed by atoms with E-state index >= 15 is 0 Å². The number of hydrogen-bond acceptors (Lipinski definition) is 4. The van der Waals surface area contributed by atoms with E-state index in [-0.39, 0.29) is 23.4 Å². The molecule has 0 spiro atoms. The fraction of sp³-hybridized carbons (Fsp3) is 0.280. The number of alkyl halides is 2. The van der Waals surface area contributed by atoms with Crippen molar-refractivity contribution in [1.29, 1.82) is 0 Å². The number of aldehydes is 1. The minimum absolute atomic E-state index is 0.272. The van der Waals surface area contributed by atoms with Crippen LogP contribution < -0.4 is 5.32 Å². The molecule has 10 heteroatoms. The second-order valence-corrected chi connectivity index (χ2v) is 9.28. The second-order valence-electron chi connectivity index (χ2n) is 7.84. The van der Waals surface area contributed by atoms with Gasteiger partial charge in [-0.3, -0.25) is 4.98 Å². The second kappa shape index (κ2) is 12.7. The SMILES string of the molecule is CNCc1cc(F)cc(-c2ccc(C(F)F)nc2)c1.O=CC1CCCN1S(=O)c1ccc(F)cc1. The van der Waals surface area contributed by atoms with Crippen molar-refractivity contribution in [2.45, 2.75) is 36.7 Å². The molecule has 0 bridgehead atoms. The summed E-state index contributed by atoms with van der Waals surface area (Å²) in [6.07, 6.45) is 1.18. The first-order valence-corrected chi connectivity index (χ1v) is 12.0. The Hall–Kier alpha value is -2.95. The van der Waals surface area contributed by atoms with Crippen LogP contribution in [0.2, 0.25) is 0 Å². The maximum absolute atomic E-state index is 13.5. The lowest BCUT2D eigenvalue weighted by Crippen LogP contribution is -2.32. The quantitative estimate of drug-likeness (QED) is 0.359. The summed E-state index contributed by atoms with van der Waals surface area (Å²) in [5.41, 5.74) is 1.74. The van der Waals surface area contributed by atoms with E-state index in [4.69, 9.17) is 0 Å². The summed E-state index contributed by atoms with van der Waals surface area (Å²) in [6, 6.07) is 12.6. The van der Waals surface area contributed by atoms with Crippen molar-refractivity contribution < 1.29 is 26.6 Å². The number of aromatic nitrogens is 1. The van der Waals surface area contributed by atoms with Crippen LogP contribution in [0, 0.1) is 11.6 Å². The van der Waals surface area contributed by atoms with Crippen LogP contribution in [0.25, 0.3) is 11.1 Å². The summed E-state index contributed by atoms with van der Waals surface area (Å²) in [5.74, 6) is -0.713. The highest BCUT2D eigenvalue weighted by molar-refractivity contribution is 7.82. The smallest absolute Gasteiger partial charge is 0.280 e. The molecule has 2 heterocycles. The molecule has 2 unspecified atom stereocenters. The normalized spacial score (nSPS) is 16.6. The Morgan fingerprint density at radius 3 is 2.43 bits per heavy atom. The lowest BCUT2D eigenvalue weighted by molar-refractivity contribution is -0.110. The van der Waals surface area contributed by atoms with Crippen molar-refractivity contribution in [2.75, 3.05) is 13.6 Å². The minimum atomic E-state index is -2.60. The van der Waals surface area contributed by atoms with Gasteiger partial charge < -0.3 is 10.1 Å². The number of benzene rings is 2. The molecular weight excluding hydrogens is 482 g/mol. The van der Waals surface area contributed by atoms with Gasteiger partial charge in [-0.2, -0.15) is 0 Å². The first-order chi connectivity index (χ1) is 16.8. The predicted molar refractivity (Wildman–Crippen MR) is 126 cm³/mol. The number of nitrogens with zero attached hydrogens (tertiary/aromatic N) is 2. The third-order valence-electron chi connectivity index (χ3n) is 5.32. The van der Waals surface area contributed by atoms with Gasteiger partial charge in [-0.15, -0.1) is 0 Å². The zero-order valence-corrected chi connectivity index (χ0v) is 19.8. The molecule has 1 aliphatic rings. The Morgan fingerprint density at radius 2 is 1.83 bits per heavy atom. The molecule has 1 aromatic heterocycles. The number of rotatable bonds is 7. The Bertz CT molecular complexity index is 1140. The Kier molecular flexibility index (Phi) is 9.64. The first-order valence-electron chi connectivity index (χ1n) is 10.9. The van der Waals surface area contributed by atoms with E-state index in [0.29, 0.717) is 29.1 Å². The maximum Gasteiger partial charge on any atom is 0.280 e. The number of nitrogens with one attached hydrogen (secondary N) is 1.